The van der Waals surface area contributed by atoms with Crippen LogP contribution in [0.5, 0.6) is 0 Å². The number of nitrogens with one attached hydrogen (secondary N) is 1. The summed E-state index contributed by atoms with van der Waals surface area (Å²) in [5, 5.41) is 7.50. The lowest BCUT2D eigenvalue weighted by atomic mass is 10.1. The van der Waals surface area contributed by atoms with Crippen molar-refractivity contribution in [3.8, 4) is 22.9 Å². The summed E-state index contributed by atoms with van der Waals surface area (Å²) in [5.41, 5.74) is 12.2. The minimum atomic E-state index is -0.107. The first-order valence-corrected chi connectivity index (χ1v) is 12.6. The van der Waals surface area contributed by atoms with Gasteiger partial charge in [0, 0.05) is 42.2 Å². The standard InChI is InChI=1S/C29H23N9O/c30-26-22(3-1-12-32-26)27-34-24-8-9-25(37-16-2-13-33-37)36-28(24)38(27)20-5-6-21-19(17-20)4-7-23(21)35-29(39)18-10-14-31-15-11-18/h1-3,5-6,8-17,23H,4,7H2,(H2,30,32)(H,35,39)/t23-/m0/s1. The van der Waals surface area contributed by atoms with Gasteiger partial charge in [-0.2, -0.15) is 5.10 Å². The van der Waals surface area contributed by atoms with Crippen LogP contribution in [0.25, 0.3) is 34.1 Å². The number of fused-ring (bicyclic) bond motifs is 2. The number of pyridine rings is 3. The number of carbonyl (C=O) groups excluding carboxylic acids is 1. The van der Waals surface area contributed by atoms with Crippen molar-refractivity contribution in [1.82, 2.24) is 39.6 Å². The normalized spacial score (nSPS) is 14.4. The fraction of sp³-hybridized carbons (Fsp3) is 0.103. The fourth-order valence-corrected chi connectivity index (χ4v) is 5.15. The highest BCUT2D eigenvalue weighted by molar-refractivity contribution is 5.94. The third kappa shape index (κ3) is 3.98. The van der Waals surface area contributed by atoms with Gasteiger partial charge in [-0.1, -0.05) is 6.07 Å². The molecule has 3 N–H and O–H groups in total. The number of anilines is 1. The molecule has 5 heterocycles. The summed E-state index contributed by atoms with van der Waals surface area (Å²) in [6.45, 7) is 0. The van der Waals surface area contributed by atoms with Crippen LogP contribution in [0.1, 0.15) is 33.9 Å². The van der Waals surface area contributed by atoms with Crippen molar-refractivity contribution >= 4 is 22.9 Å². The number of imidazole rings is 1. The van der Waals surface area contributed by atoms with Gasteiger partial charge in [0.25, 0.3) is 5.91 Å². The number of hydrogen-bond acceptors (Lipinski definition) is 7. The molecule has 6 aromatic rings. The zero-order chi connectivity index (χ0) is 26.3. The van der Waals surface area contributed by atoms with E-state index in [0.29, 0.717) is 28.7 Å². The van der Waals surface area contributed by atoms with Gasteiger partial charge >= 0.3 is 0 Å². The van der Waals surface area contributed by atoms with Gasteiger partial charge in [-0.3, -0.25) is 14.3 Å². The number of nitrogens with zero attached hydrogens (tertiary/aromatic N) is 7. The van der Waals surface area contributed by atoms with E-state index in [-0.39, 0.29) is 11.9 Å². The molecule has 39 heavy (non-hydrogen) atoms. The molecule has 1 aliphatic carbocycles. The maximum atomic E-state index is 12.8. The Bertz CT molecular complexity index is 1830. The minimum Gasteiger partial charge on any atom is -0.383 e. The van der Waals surface area contributed by atoms with Crippen molar-refractivity contribution in [1.29, 1.82) is 0 Å². The number of nitrogen functional groups attached to an aromatic ring is 1. The Morgan fingerprint density at radius 2 is 1.87 bits per heavy atom. The molecule has 10 nitrogen and oxygen atoms in total. The van der Waals surface area contributed by atoms with E-state index >= 15 is 0 Å². The summed E-state index contributed by atoms with van der Waals surface area (Å²) in [4.78, 5) is 30.9. The zero-order valence-electron chi connectivity index (χ0n) is 20.8. The molecule has 0 radical (unpaired) electrons. The number of rotatable bonds is 5. The number of amides is 1. The lowest BCUT2D eigenvalue weighted by Gasteiger charge is -2.16. The average Bonchev–Trinajstić information content (AvgIpc) is 3.72. The van der Waals surface area contributed by atoms with Crippen LogP contribution in [0.2, 0.25) is 0 Å². The van der Waals surface area contributed by atoms with Crippen LogP contribution in [0.15, 0.2) is 91.6 Å². The Hall–Kier alpha value is -5.38. The summed E-state index contributed by atoms with van der Waals surface area (Å²) < 4.78 is 3.73. The van der Waals surface area contributed by atoms with Crippen LogP contribution in [0, 0.1) is 0 Å². The molecule has 0 saturated heterocycles. The van der Waals surface area contributed by atoms with Crippen LogP contribution >= 0.6 is 0 Å². The van der Waals surface area contributed by atoms with Gasteiger partial charge in [0.15, 0.2) is 17.3 Å². The number of aromatic nitrogens is 7. The van der Waals surface area contributed by atoms with Crippen molar-refractivity contribution in [3.05, 3.63) is 108 Å². The molecule has 0 fully saturated rings. The molecule has 10 heteroatoms. The molecule has 0 saturated carbocycles. The molecule has 1 amide bonds. The second-order valence-electron chi connectivity index (χ2n) is 9.35. The third-order valence-electron chi connectivity index (χ3n) is 7.02. The van der Waals surface area contributed by atoms with E-state index in [1.165, 1.54) is 5.56 Å². The lowest BCUT2D eigenvalue weighted by molar-refractivity contribution is 0.0936. The second kappa shape index (κ2) is 9.18. The Morgan fingerprint density at radius 1 is 0.974 bits per heavy atom. The second-order valence-corrected chi connectivity index (χ2v) is 9.35. The van der Waals surface area contributed by atoms with E-state index in [1.807, 2.05) is 47.2 Å². The quantitative estimate of drug-likeness (QED) is 0.356. The summed E-state index contributed by atoms with van der Waals surface area (Å²) in [5.74, 6) is 1.62. The number of aryl methyl sites for hydroxylation is 1. The average molecular weight is 514 g/mol. The predicted molar refractivity (Wildman–Crippen MR) is 146 cm³/mol. The zero-order valence-corrected chi connectivity index (χ0v) is 20.8. The van der Waals surface area contributed by atoms with Crippen molar-refractivity contribution in [2.45, 2.75) is 18.9 Å². The molecule has 7 rings (SSSR count). The highest BCUT2D eigenvalue weighted by Gasteiger charge is 2.26. The smallest absolute Gasteiger partial charge is 0.251 e. The topological polar surface area (TPSA) is 129 Å². The molecule has 0 aliphatic heterocycles. The van der Waals surface area contributed by atoms with E-state index < -0.39 is 0 Å². The predicted octanol–water partition coefficient (Wildman–Crippen LogP) is 4.06. The number of nitrogens with two attached hydrogens (primary N) is 1. The molecule has 1 atom stereocenters. The molecule has 0 spiro atoms. The summed E-state index contributed by atoms with van der Waals surface area (Å²) >= 11 is 0. The minimum absolute atomic E-state index is 0.0628. The fourth-order valence-electron chi connectivity index (χ4n) is 5.15. The number of hydrogen-bond donors (Lipinski definition) is 2. The molecule has 5 aromatic heterocycles. The molecular weight excluding hydrogens is 490 g/mol. The Kier molecular flexibility index (Phi) is 5.36. The SMILES string of the molecule is Nc1ncccc1-c1nc2ccc(-n3cccn3)nc2n1-c1ccc2c(c1)CC[C@@H]2NC(=O)c1ccncc1. The molecule has 0 bridgehead atoms. The third-order valence-corrected chi connectivity index (χ3v) is 7.02. The van der Waals surface area contributed by atoms with Crippen molar-refractivity contribution in [3.63, 3.8) is 0 Å². The summed E-state index contributed by atoms with van der Waals surface area (Å²) in [6, 6.07) is 19.1. The largest absolute Gasteiger partial charge is 0.383 e. The molecular formula is C29H23N9O. The maximum absolute atomic E-state index is 12.8. The van der Waals surface area contributed by atoms with Crippen LogP contribution < -0.4 is 11.1 Å². The first-order valence-electron chi connectivity index (χ1n) is 12.6. The first-order chi connectivity index (χ1) is 19.2. The Balaban J connectivity index is 1.33. The van der Waals surface area contributed by atoms with Gasteiger partial charge in [0.2, 0.25) is 0 Å². The van der Waals surface area contributed by atoms with Gasteiger partial charge in [-0.15, -0.1) is 0 Å². The molecule has 190 valence electrons. The Labute approximate surface area is 223 Å². The lowest BCUT2D eigenvalue weighted by Crippen LogP contribution is -2.27. The molecule has 0 unspecified atom stereocenters. The van der Waals surface area contributed by atoms with Crippen LogP contribution in [0.3, 0.4) is 0 Å². The van der Waals surface area contributed by atoms with Gasteiger partial charge in [0.05, 0.1) is 11.6 Å². The molecule has 1 aliphatic rings. The maximum Gasteiger partial charge on any atom is 0.251 e. The number of benzene rings is 1. The highest BCUT2D eigenvalue weighted by atomic mass is 16.1. The Morgan fingerprint density at radius 3 is 2.69 bits per heavy atom. The van der Waals surface area contributed by atoms with Gasteiger partial charge in [-0.05, 0) is 78.6 Å². The van der Waals surface area contributed by atoms with E-state index in [9.17, 15) is 4.79 Å². The summed E-state index contributed by atoms with van der Waals surface area (Å²) in [6.07, 6.45) is 10.1. The summed E-state index contributed by atoms with van der Waals surface area (Å²) in [7, 11) is 0. The first kappa shape index (κ1) is 22.8. The van der Waals surface area contributed by atoms with Crippen LogP contribution in [-0.4, -0.2) is 40.2 Å². The van der Waals surface area contributed by atoms with Gasteiger partial charge in [0.1, 0.15) is 11.3 Å². The van der Waals surface area contributed by atoms with E-state index in [4.69, 9.17) is 15.7 Å². The van der Waals surface area contributed by atoms with E-state index in [1.54, 1.807) is 41.6 Å². The van der Waals surface area contributed by atoms with Gasteiger partial charge < -0.3 is 11.1 Å². The monoisotopic (exact) mass is 513 g/mol. The number of carbonyl (C=O) groups is 1. The highest BCUT2D eigenvalue weighted by Crippen LogP contribution is 2.36. The molecule has 1 aromatic carbocycles. The van der Waals surface area contributed by atoms with Crippen molar-refractivity contribution < 1.29 is 4.79 Å². The van der Waals surface area contributed by atoms with Crippen molar-refractivity contribution in [2.75, 3.05) is 5.73 Å². The van der Waals surface area contributed by atoms with Gasteiger partial charge in [-0.25, -0.2) is 19.6 Å². The van der Waals surface area contributed by atoms with E-state index in [2.05, 4.69) is 32.5 Å². The van der Waals surface area contributed by atoms with E-state index in [0.717, 1.165) is 35.2 Å². The van der Waals surface area contributed by atoms with Crippen LogP contribution in [0.4, 0.5) is 5.82 Å². The van der Waals surface area contributed by atoms with Crippen LogP contribution in [-0.2, 0) is 6.42 Å². The van der Waals surface area contributed by atoms with Crippen molar-refractivity contribution in [2.24, 2.45) is 0 Å².